The minimum Gasteiger partial charge on any atom is -0.272 e. The lowest BCUT2D eigenvalue weighted by Gasteiger charge is -2.17. The van der Waals surface area contributed by atoms with Gasteiger partial charge in [-0.05, 0) is 24.3 Å². The fraction of sp³-hybridized carbons (Fsp3) is 0.550. The van der Waals surface area contributed by atoms with Crippen molar-refractivity contribution < 1.29 is 9.59 Å². The van der Waals surface area contributed by atoms with Crippen molar-refractivity contribution in [3.8, 4) is 0 Å². The summed E-state index contributed by atoms with van der Waals surface area (Å²) in [6.45, 7) is 6.75. The fourth-order valence-corrected chi connectivity index (χ4v) is 2.98. The van der Waals surface area contributed by atoms with Gasteiger partial charge in [-0.25, -0.2) is 9.80 Å². The van der Waals surface area contributed by atoms with Crippen LogP contribution in [0.5, 0.6) is 0 Å². The Morgan fingerprint density at radius 2 is 1.84 bits per heavy atom. The molecule has 5 heteroatoms. The fourth-order valence-electron chi connectivity index (χ4n) is 2.98. The molecule has 136 valence electrons. The number of carbonyl (C=O) groups excluding carboxylic acids is 2. The topological polar surface area (TPSA) is 53.0 Å². The molecule has 1 aromatic rings. The smallest absolute Gasteiger partial charge is 0.272 e. The average molecular weight is 343 g/mol. The number of rotatable bonds is 9. The lowest BCUT2D eigenvalue weighted by Crippen LogP contribution is -2.32. The van der Waals surface area contributed by atoms with Gasteiger partial charge in [-0.15, -0.1) is 0 Å². The number of urea groups is 1. The van der Waals surface area contributed by atoms with Crippen LogP contribution in [0.4, 0.5) is 4.79 Å². The average Bonchev–Trinajstić information content (AvgIpc) is 2.81. The molecule has 1 heterocycles. The highest BCUT2D eigenvalue weighted by atomic mass is 16.2. The lowest BCUT2D eigenvalue weighted by atomic mass is 10.0. The lowest BCUT2D eigenvalue weighted by molar-refractivity contribution is -0.128. The Labute approximate surface area is 150 Å². The number of benzene rings is 1. The van der Waals surface area contributed by atoms with Crippen LogP contribution >= 0.6 is 0 Å². The Hall–Kier alpha value is -2.17. The van der Waals surface area contributed by atoms with E-state index in [4.69, 9.17) is 0 Å². The third kappa shape index (κ3) is 5.15. The number of imide groups is 1. The van der Waals surface area contributed by atoms with E-state index in [2.05, 4.69) is 25.9 Å². The summed E-state index contributed by atoms with van der Waals surface area (Å²) in [5, 5.41) is 5.72. The maximum Gasteiger partial charge on any atom is 0.347 e. The summed E-state index contributed by atoms with van der Waals surface area (Å²) in [7, 11) is 0. The van der Waals surface area contributed by atoms with E-state index in [9.17, 15) is 9.59 Å². The number of unbranched alkanes of at least 4 members (excludes halogenated alkanes) is 3. The standard InChI is InChI=1S/C20H29N3O2/c1-4-5-6-10-13-22-19(24)18(14-16(2)3)23(20(22)25)21-15-17-11-8-7-9-12-17/h7-9,11-12,15-16,18H,4-6,10,13-14H2,1-3H3/b21-15+. The van der Waals surface area contributed by atoms with Crippen molar-refractivity contribution in [3.05, 3.63) is 35.9 Å². The molecule has 0 aromatic heterocycles. The van der Waals surface area contributed by atoms with E-state index in [1.807, 2.05) is 30.3 Å². The molecule has 5 nitrogen and oxygen atoms in total. The van der Waals surface area contributed by atoms with Crippen LogP contribution in [0, 0.1) is 5.92 Å². The summed E-state index contributed by atoms with van der Waals surface area (Å²) in [6.07, 6.45) is 6.43. The zero-order valence-electron chi connectivity index (χ0n) is 15.5. The molecule has 1 aromatic carbocycles. The molecular weight excluding hydrogens is 314 g/mol. The van der Waals surface area contributed by atoms with Crippen LogP contribution in [0.1, 0.15) is 58.4 Å². The molecule has 2 rings (SSSR count). The molecule has 0 spiro atoms. The zero-order chi connectivity index (χ0) is 18.2. The first-order valence-corrected chi connectivity index (χ1v) is 9.28. The molecule has 0 bridgehead atoms. The second kappa shape index (κ2) is 9.35. The molecule has 1 fully saturated rings. The first-order chi connectivity index (χ1) is 12.0. The van der Waals surface area contributed by atoms with Crippen molar-refractivity contribution in [3.63, 3.8) is 0 Å². The van der Waals surface area contributed by atoms with Crippen LogP contribution in [0.15, 0.2) is 35.4 Å². The van der Waals surface area contributed by atoms with E-state index in [0.29, 0.717) is 18.9 Å². The first kappa shape index (κ1) is 19.2. The third-order valence-corrected chi connectivity index (χ3v) is 4.33. The largest absolute Gasteiger partial charge is 0.347 e. The number of carbonyl (C=O) groups is 2. The molecule has 0 radical (unpaired) electrons. The predicted octanol–water partition coefficient (Wildman–Crippen LogP) is 4.28. The van der Waals surface area contributed by atoms with Crippen LogP contribution in [-0.4, -0.2) is 40.6 Å². The van der Waals surface area contributed by atoms with Crippen molar-refractivity contribution in [1.29, 1.82) is 0 Å². The van der Waals surface area contributed by atoms with Gasteiger partial charge >= 0.3 is 6.03 Å². The molecule has 0 N–H and O–H groups in total. The van der Waals surface area contributed by atoms with Gasteiger partial charge in [0.2, 0.25) is 0 Å². The van der Waals surface area contributed by atoms with Gasteiger partial charge in [0.1, 0.15) is 6.04 Å². The Bertz CT molecular complexity index is 598. The summed E-state index contributed by atoms with van der Waals surface area (Å²) >= 11 is 0. The summed E-state index contributed by atoms with van der Waals surface area (Å²) in [6, 6.07) is 8.84. The van der Waals surface area contributed by atoms with E-state index in [1.165, 1.54) is 9.91 Å². The molecule has 3 amide bonds. The van der Waals surface area contributed by atoms with Crippen molar-refractivity contribution in [2.24, 2.45) is 11.0 Å². The summed E-state index contributed by atoms with van der Waals surface area (Å²) in [5.41, 5.74) is 0.910. The number of amides is 3. The predicted molar refractivity (Wildman–Crippen MR) is 100 cm³/mol. The van der Waals surface area contributed by atoms with Gasteiger partial charge < -0.3 is 0 Å². The highest BCUT2D eigenvalue weighted by Gasteiger charge is 2.45. The van der Waals surface area contributed by atoms with Crippen LogP contribution in [-0.2, 0) is 4.79 Å². The number of hydrazone groups is 1. The van der Waals surface area contributed by atoms with E-state index < -0.39 is 6.04 Å². The summed E-state index contributed by atoms with van der Waals surface area (Å²) < 4.78 is 0. The Morgan fingerprint density at radius 1 is 1.12 bits per heavy atom. The molecule has 1 saturated heterocycles. The van der Waals surface area contributed by atoms with Crippen molar-refractivity contribution in [2.45, 2.75) is 58.9 Å². The Balaban J connectivity index is 2.12. The second-order valence-electron chi connectivity index (χ2n) is 6.98. The van der Waals surface area contributed by atoms with Crippen LogP contribution in [0.2, 0.25) is 0 Å². The summed E-state index contributed by atoms with van der Waals surface area (Å²) in [5.74, 6) is 0.205. The number of nitrogens with zero attached hydrogens (tertiary/aromatic N) is 3. The molecule has 1 atom stereocenters. The van der Waals surface area contributed by atoms with E-state index in [-0.39, 0.29) is 11.9 Å². The van der Waals surface area contributed by atoms with Crippen LogP contribution in [0.3, 0.4) is 0 Å². The van der Waals surface area contributed by atoms with E-state index in [0.717, 1.165) is 31.2 Å². The quantitative estimate of drug-likeness (QED) is 0.382. The minimum absolute atomic E-state index is 0.111. The maximum absolute atomic E-state index is 12.7. The summed E-state index contributed by atoms with van der Waals surface area (Å²) in [4.78, 5) is 26.8. The minimum atomic E-state index is -0.487. The van der Waals surface area contributed by atoms with E-state index >= 15 is 0 Å². The van der Waals surface area contributed by atoms with Crippen molar-refractivity contribution in [2.75, 3.05) is 6.54 Å². The zero-order valence-corrected chi connectivity index (χ0v) is 15.5. The third-order valence-electron chi connectivity index (χ3n) is 4.33. The van der Waals surface area contributed by atoms with Crippen LogP contribution < -0.4 is 0 Å². The second-order valence-corrected chi connectivity index (χ2v) is 6.98. The SMILES string of the molecule is CCCCCCN1C(=O)C(CC(C)C)N(/N=C/c2ccccc2)C1=O. The molecule has 0 saturated carbocycles. The van der Waals surface area contributed by atoms with E-state index in [1.54, 1.807) is 6.21 Å². The highest BCUT2D eigenvalue weighted by Crippen LogP contribution is 2.24. The van der Waals surface area contributed by atoms with Gasteiger partial charge in [-0.1, -0.05) is 70.4 Å². The molecule has 0 aliphatic carbocycles. The Kier molecular flexibility index (Phi) is 7.16. The van der Waals surface area contributed by atoms with Gasteiger partial charge in [0.15, 0.2) is 0 Å². The molecule has 1 unspecified atom stereocenters. The molecule has 1 aliphatic heterocycles. The van der Waals surface area contributed by atoms with Crippen molar-refractivity contribution >= 4 is 18.2 Å². The normalized spacial score (nSPS) is 18.2. The van der Waals surface area contributed by atoms with Gasteiger partial charge in [0, 0.05) is 6.54 Å². The Morgan fingerprint density at radius 3 is 2.48 bits per heavy atom. The van der Waals surface area contributed by atoms with Gasteiger partial charge in [0.25, 0.3) is 5.91 Å². The van der Waals surface area contributed by atoms with Gasteiger partial charge in [-0.2, -0.15) is 5.10 Å². The van der Waals surface area contributed by atoms with Gasteiger partial charge in [-0.3, -0.25) is 9.69 Å². The molecular formula is C20H29N3O2. The maximum atomic E-state index is 12.7. The van der Waals surface area contributed by atoms with Gasteiger partial charge in [0.05, 0.1) is 6.21 Å². The number of hydrogen-bond acceptors (Lipinski definition) is 3. The molecule has 25 heavy (non-hydrogen) atoms. The monoisotopic (exact) mass is 343 g/mol. The van der Waals surface area contributed by atoms with Crippen LogP contribution in [0.25, 0.3) is 0 Å². The highest BCUT2D eigenvalue weighted by molar-refractivity contribution is 6.04. The first-order valence-electron chi connectivity index (χ1n) is 9.28. The van der Waals surface area contributed by atoms with Crippen molar-refractivity contribution in [1.82, 2.24) is 9.91 Å². The molecule has 1 aliphatic rings. The number of hydrogen-bond donors (Lipinski definition) is 0.